The number of amides is 1. The largest absolute Gasteiger partial charge is 0.297 e. The maximum atomic E-state index is 12.0. The molecule has 9 heteroatoms. The lowest BCUT2D eigenvalue weighted by Crippen LogP contribution is -2.07. The third-order valence-electron chi connectivity index (χ3n) is 3.32. The Hall–Kier alpha value is -1.57. The molecule has 1 aromatic heterocycles. The third kappa shape index (κ3) is 5.96. The molecular weight excluding hydrogens is 445 g/mol. The smallest absolute Gasteiger partial charge is 0.250 e. The summed E-state index contributed by atoms with van der Waals surface area (Å²) in [4.78, 5) is 12.0. The predicted octanol–water partition coefficient (Wildman–Crippen LogP) is 6.44. The molecule has 0 unspecified atom stereocenters. The molecule has 1 heterocycles. The summed E-state index contributed by atoms with van der Waals surface area (Å²) >= 11 is 20.9. The van der Waals surface area contributed by atoms with Crippen molar-refractivity contribution < 1.29 is 4.79 Å². The summed E-state index contributed by atoms with van der Waals surface area (Å²) in [6, 6.07) is 12.7. The van der Waals surface area contributed by atoms with Crippen LogP contribution in [0.2, 0.25) is 15.1 Å². The molecule has 27 heavy (non-hydrogen) atoms. The second-order valence-corrected chi connectivity index (χ2v) is 8.69. The van der Waals surface area contributed by atoms with Gasteiger partial charge in [0.1, 0.15) is 0 Å². The molecule has 3 aromatic rings. The fourth-order valence-corrected chi connectivity index (χ4v) is 4.53. The van der Waals surface area contributed by atoms with Crippen LogP contribution in [0.3, 0.4) is 0 Å². The summed E-state index contributed by atoms with van der Waals surface area (Å²) in [5.74, 6) is 0.358. The van der Waals surface area contributed by atoms with Crippen LogP contribution < -0.4 is 5.32 Å². The summed E-state index contributed by atoms with van der Waals surface area (Å²) in [7, 11) is 0. The van der Waals surface area contributed by atoms with Gasteiger partial charge in [0.15, 0.2) is 4.34 Å². The lowest BCUT2D eigenvalue weighted by atomic mass is 10.2. The number of nitrogens with one attached hydrogen (secondary N) is 1. The number of rotatable bonds is 6. The number of aromatic nitrogens is 2. The Kier molecular flexibility index (Phi) is 7.15. The van der Waals surface area contributed by atoms with Gasteiger partial charge in [0.05, 0.1) is 0 Å². The molecule has 0 aliphatic carbocycles. The van der Waals surface area contributed by atoms with Crippen molar-refractivity contribution in [2.75, 3.05) is 5.32 Å². The van der Waals surface area contributed by atoms with Gasteiger partial charge < -0.3 is 0 Å². The highest BCUT2D eigenvalue weighted by Crippen LogP contribution is 2.30. The van der Waals surface area contributed by atoms with E-state index in [4.69, 9.17) is 34.8 Å². The van der Waals surface area contributed by atoms with Crippen LogP contribution >= 0.6 is 57.9 Å². The summed E-state index contributed by atoms with van der Waals surface area (Å²) < 4.78 is 0.745. The summed E-state index contributed by atoms with van der Waals surface area (Å²) in [6.07, 6.45) is 3.00. The maximum Gasteiger partial charge on any atom is 0.250 e. The van der Waals surface area contributed by atoms with Crippen molar-refractivity contribution >= 4 is 75.0 Å². The zero-order valence-electron chi connectivity index (χ0n) is 13.7. The first-order chi connectivity index (χ1) is 13.0. The molecule has 0 spiro atoms. The van der Waals surface area contributed by atoms with E-state index < -0.39 is 0 Å². The minimum Gasteiger partial charge on any atom is -0.297 e. The van der Waals surface area contributed by atoms with Gasteiger partial charge in [-0.2, -0.15) is 0 Å². The number of thioether (sulfide) groups is 1. The zero-order chi connectivity index (χ0) is 19.2. The van der Waals surface area contributed by atoms with Crippen molar-refractivity contribution in [3.63, 3.8) is 0 Å². The number of hydrogen-bond donors (Lipinski definition) is 1. The van der Waals surface area contributed by atoms with Crippen LogP contribution in [-0.4, -0.2) is 16.1 Å². The quantitative estimate of drug-likeness (QED) is 0.263. The third-order valence-corrected chi connectivity index (χ3v) is 6.27. The number of anilines is 1. The van der Waals surface area contributed by atoms with Crippen LogP contribution in [0.1, 0.15) is 11.1 Å². The van der Waals surface area contributed by atoms with Gasteiger partial charge >= 0.3 is 0 Å². The van der Waals surface area contributed by atoms with E-state index in [-0.39, 0.29) is 5.91 Å². The van der Waals surface area contributed by atoms with Crippen LogP contribution in [-0.2, 0) is 10.5 Å². The molecule has 138 valence electrons. The average molecular weight is 457 g/mol. The van der Waals surface area contributed by atoms with Crippen molar-refractivity contribution in [2.24, 2.45) is 0 Å². The van der Waals surface area contributed by atoms with E-state index in [2.05, 4.69) is 15.5 Å². The van der Waals surface area contributed by atoms with Crippen LogP contribution in [0.15, 0.2) is 52.9 Å². The SMILES string of the molecule is O=C(C=Cc1ccc(Cl)cc1Cl)Nc1nnc(SCc2ccccc2Cl)s1. The number of benzene rings is 2. The zero-order valence-corrected chi connectivity index (χ0v) is 17.6. The van der Waals surface area contributed by atoms with Gasteiger partial charge in [0.2, 0.25) is 11.0 Å². The van der Waals surface area contributed by atoms with E-state index in [9.17, 15) is 4.79 Å². The molecular formula is C18H12Cl3N3OS2. The van der Waals surface area contributed by atoms with Gasteiger partial charge in [0.25, 0.3) is 0 Å². The van der Waals surface area contributed by atoms with Gasteiger partial charge in [-0.1, -0.05) is 82.2 Å². The van der Waals surface area contributed by atoms with E-state index in [0.29, 0.717) is 31.5 Å². The molecule has 0 radical (unpaired) electrons. The van der Waals surface area contributed by atoms with Gasteiger partial charge in [0, 0.05) is 26.9 Å². The summed E-state index contributed by atoms with van der Waals surface area (Å²) in [6.45, 7) is 0. The second kappa shape index (κ2) is 9.57. The monoisotopic (exact) mass is 455 g/mol. The minimum atomic E-state index is -0.320. The lowest BCUT2D eigenvalue weighted by Gasteiger charge is -2.00. The van der Waals surface area contributed by atoms with E-state index >= 15 is 0 Å². The molecule has 0 bridgehead atoms. The normalized spacial score (nSPS) is 11.1. The highest BCUT2D eigenvalue weighted by Gasteiger charge is 2.08. The van der Waals surface area contributed by atoms with Gasteiger partial charge in [-0.15, -0.1) is 10.2 Å². The van der Waals surface area contributed by atoms with Crippen molar-refractivity contribution in [3.8, 4) is 0 Å². The van der Waals surface area contributed by atoms with Gasteiger partial charge in [-0.3, -0.25) is 10.1 Å². The van der Waals surface area contributed by atoms with Crippen molar-refractivity contribution in [2.45, 2.75) is 10.1 Å². The van der Waals surface area contributed by atoms with Crippen molar-refractivity contribution in [1.82, 2.24) is 10.2 Å². The Labute approximate surface area is 179 Å². The molecule has 0 saturated heterocycles. The van der Waals surface area contributed by atoms with Crippen LogP contribution in [0.5, 0.6) is 0 Å². The highest BCUT2D eigenvalue weighted by molar-refractivity contribution is 8.00. The van der Waals surface area contributed by atoms with E-state index in [1.54, 1.807) is 24.3 Å². The Bertz CT molecular complexity index is 991. The van der Waals surface area contributed by atoms with Crippen LogP contribution in [0.25, 0.3) is 6.08 Å². The molecule has 2 aromatic carbocycles. The van der Waals surface area contributed by atoms with Crippen LogP contribution in [0, 0.1) is 0 Å². The molecule has 0 fully saturated rings. The van der Waals surface area contributed by atoms with E-state index in [0.717, 1.165) is 9.90 Å². The lowest BCUT2D eigenvalue weighted by molar-refractivity contribution is -0.111. The van der Waals surface area contributed by atoms with Crippen molar-refractivity contribution in [3.05, 3.63) is 74.7 Å². The Morgan fingerprint density at radius 2 is 1.93 bits per heavy atom. The number of hydrogen-bond acceptors (Lipinski definition) is 5. The Morgan fingerprint density at radius 1 is 1.11 bits per heavy atom. The Balaban J connectivity index is 1.56. The molecule has 0 atom stereocenters. The molecule has 3 rings (SSSR count). The first-order valence-electron chi connectivity index (χ1n) is 7.65. The maximum absolute atomic E-state index is 12.0. The fraction of sp³-hybridized carbons (Fsp3) is 0.0556. The van der Waals surface area contributed by atoms with Gasteiger partial charge in [-0.05, 0) is 35.4 Å². The predicted molar refractivity (Wildman–Crippen MR) is 115 cm³/mol. The van der Waals surface area contributed by atoms with E-state index in [1.165, 1.54) is 29.2 Å². The number of halogens is 3. The van der Waals surface area contributed by atoms with Crippen LogP contribution in [0.4, 0.5) is 5.13 Å². The first kappa shape index (κ1) is 20.2. The molecule has 0 aliphatic heterocycles. The summed E-state index contributed by atoms with van der Waals surface area (Å²) in [5, 5.41) is 12.9. The molecule has 0 saturated carbocycles. The van der Waals surface area contributed by atoms with Gasteiger partial charge in [-0.25, -0.2) is 0 Å². The molecule has 4 nitrogen and oxygen atoms in total. The molecule has 0 aliphatic rings. The fourth-order valence-electron chi connectivity index (χ4n) is 2.02. The second-order valence-electron chi connectivity index (χ2n) is 5.24. The van der Waals surface area contributed by atoms with E-state index in [1.807, 2.05) is 24.3 Å². The Morgan fingerprint density at radius 3 is 2.70 bits per heavy atom. The molecule has 1 N–H and O–H groups in total. The summed E-state index contributed by atoms with van der Waals surface area (Å²) in [5.41, 5.74) is 1.72. The minimum absolute atomic E-state index is 0.320. The standard InChI is InChI=1S/C18H12Cl3N3OS2/c19-13-7-5-11(15(21)9-13)6-8-16(25)22-17-23-24-18(27-17)26-10-12-3-1-2-4-14(12)20/h1-9H,10H2,(H,22,23,25). The first-order valence-corrected chi connectivity index (χ1v) is 10.6. The molecule has 1 amide bonds. The topological polar surface area (TPSA) is 54.9 Å². The average Bonchev–Trinajstić information content (AvgIpc) is 3.07. The van der Waals surface area contributed by atoms with Crippen molar-refractivity contribution in [1.29, 1.82) is 0 Å². The number of nitrogens with zero attached hydrogens (tertiary/aromatic N) is 2. The highest BCUT2D eigenvalue weighted by atomic mass is 35.5. The number of carbonyl (C=O) groups is 1. The number of carbonyl (C=O) groups excluding carboxylic acids is 1.